The first-order chi connectivity index (χ1) is 6.15. The predicted octanol–water partition coefficient (Wildman–Crippen LogP) is 3.13. The van der Waals surface area contributed by atoms with Gasteiger partial charge in [-0.2, -0.15) is 11.8 Å². The molecule has 0 saturated heterocycles. The summed E-state index contributed by atoms with van der Waals surface area (Å²) in [5, 5.41) is 0. The van der Waals surface area contributed by atoms with Crippen LogP contribution in [0.2, 0.25) is 0 Å². The summed E-state index contributed by atoms with van der Waals surface area (Å²) >= 11 is 4.58. The zero-order valence-electron chi connectivity index (χ0n) is 7.01. The molecule has 1 aromatic carbocycles. The van der Waals surface area contributed by atoms with E-state index in [0.717, 1.165) is 4.47 Å². The monoisotopic (exact) mass is 262 g/mol. The van der Waals surface area contributed by atoms with Gasteiger partial charge in [-0.15, -0.1) is 0 Å². The van der Waals surface area contributed by atoms with E-state index in [-0.39, 0.29) is 11.3 Å². The average Bonchev–Trinajstić information content (AvgIpc) is 2.09. The molecule has 0 heterocycles. The highest BCUT2D eigenvalue weighted by molar-refractivity contribution is 9.10. The van der Waals surface area contributed by atoms with E-state index in [4.69, 9.17) is 0 Å². The maximum Gasteiger partial charge on any atom is 0.175 e. The molecule has 1 aromatic rings. The van der Waals surface area contributed by atoms with E-state index in [9.17, 15) is 9.18 Å². The SMILES string of the molecule is CSCC(=O)c1cc(Br)ccc1F. The van der Waals surface area contributed by atoms with Crippen LogP contribution in [0, 0.1) is 5.82 Å². The number of Topliss-reactive ketones (excluding diaryl/α,β-unsaturated/α-hetero) is 1. The first-order valence-electron chi connectivity index (χ1n) is 3.62. The number of hydrogen-bond acceptors (Lipinski definition) is 2. The zero-order valence-corrected chi connectivity index (χ0v) is 9.41. The Morgan fingerprint density at radius 1 is 1.62 bits per heavy atom. The van der Waals surface area contributed by atoms with Crippen LogP contribution in [-0.4, -0.2) is 17.8 Å². The van der Waals surface area contributed by atoms with Crippen molar-refractivity contribution >= 4 is 33.5 Å². The highest BCUT2D eigenvalue weighted by Gasteiger charge is 2.10. The summed E-state index contributed by atoms with van der Waals surface area (Å²) < 4.78 is 13.8. The smallest absolute Gasteiger partial charge is 0.175 e. The fourth-order valence-electron chi connectivity index (χ4n) is 0.920. The van der Waals surface area contributed by atoms with Crippen molar-refractivity contribution in [2.24, 2.45) is 0 Å². The van der Waals surface area contributed by atoms with Crippen LogP contribution in [0.25, 0.3) is 0 Å². The van der Waals surface area contributed by atoms with Gasteiger partial charge in [0.2, 0.25) is 0 Å². The van der Waals surface area contributed by atoms with Crippen LogP contribution in [0.3, 0.4) is 0 Å². The summed E-state index contributed by atoms with van der Waals surface area (Å²) in [4.78, 5) is 11.3. The van der Waals surface area contributed by atoms with Crippen molar-refractivity contribution in [1.29, 1.82) is 0 Å². The molecule has 0 unspecified atom stereocenters. The Labute approximate surface area is 88.8 Å². The van der Waals surface area contributed by atoms with Gasteiger partial charge in [0, 0.05) is 4.47 Å². The van der Waals surface area contributed by atoms with Crippen LogP contribution < -0.4 is 0 Å². The van der Waals surface area contributed by atoms with Gasteiger partial charge in [0.25, 0.3) is 0 Å². The Bertz CT molecular complexity index is 327. The second kappa shape index (κ2) is 4.77. The number of carbonyl (C=O) groups is 1. The Balaban J connectivity index is 2.99. The molecule has 0 fully saturated rings. The van der Waals surface area contributed by atoms with Crippen LogP contribution >= 0.6 is 27.7 Å². The third-order valence-corrected chi connectivity index (χ3v) is 2.55. The highest BCUT2D eigenvalue weighted by Crippen LogP contribution is 2.16. The first kappa shape index (κ1) is 10.7. The van der Waals surface area contributed by atoms with Crippen molar-refractivity contribution in [2.45, 2.75) is 0 Å². The minimum absolute atomic E-state index is 0.156. The normalized spacial score (nSPS) is 10.1. The topological polar surface area (TPSA) is 17.1 Å². The molecular weight excluding hydrogens is 255 g/mol. The molecule has 4 heteroatoms. The van der Waals surface area contributed by atoms with Crippen LogP contribution in [-0.2, 0) is 0 Å². The van der Waals surface area contributed by atoms with Gasteiger partial charge in [0.15, 0.2) is 5.78 Å². The van der Waals surface area contributed by atoms with Gasteiger partial charge in [0.1, 0.15) is 5.82 Å². The minimum Gasteiger partial charge on any atom is -0.293 e. The Kier molecular flexibility index (Phi) is 3.93. The summed E-state index contributed by atoms with van der Waals surface area (Å²) in [5.74, 6) is -0.318. The molecule has 0 saturated carbocycles. The van der Waals surface area contributed by atoms with Gasteiger partial charge in [0.05, 0.1) is 11.3 Å². The van der Waals surface area contributed by atoms with Gasteiger partial charge in [-0.1, -0.05) is 15.9 Å². The lowest BCUT2D eigenvalue weighted by molar-refractivity contribution is 0.101. The van der Waals surface area contributed by atoms with Gasteiger partial charge >= 0.3 is 0 Å². The lowest BCUT2D eigenvalue weighted by Gasteiger charge is -2.01. The van der Waals surface area contributed by atoms with Crippen molar-refractivity contribution in [3.63, 3.8) is 0 Å². The largest absolute Gasteiger partial charge is 0.293 e. The molecule has 0 amide bonds. The van der Waals surface area contributed by atoms with E-state index in [1.54, 1.807) is 6.07 Å². The third kappa shape index (κ3) is 2.81. The molecule has 0 atom stereocenters. The molecule has 70 valence electrons. The number of thioether (sulfide) groups is 1. The van der Waals surface area contributed by atoms with Crippen molar-refractivity contribution < 1.29 is 9.18 Å². The molecule has 0 N–H and O–H groups in total. The number of benzene rings is 1. The summed E-state index contributed by atoms with van der Waals surface area (Å²) in [7, 11) is 0. The molecule has 0 aliphatic heterocycles. The molecule has 0 spiro atoms. The summed E-state index contributed by atoms with van der Waals surface area (Å²) in [6.45, 7) is 0. The van der Waals surface area contributed by atoms with Gasteiger partial charge in [-0.05, 0) is 24.5 Å². The van der Waals surface area contributed by atoms with Gasteiger partial charge in [-0.3, -0.25) is 4.79 Å². The average molecular weight is 263 g/mol. The van der Waals surface area contributed by atoms with Crippen LogP contribution in [0.1, 0.15) is 10.4 Å². The zero-order chi connectivity index (χ0) is 9.84. The number of hydrogen-bond donors (Lipinski definition) is 0. The summed E-state index contributed by atoms with van der Waals surface area (Å²) in [6, 6.07) is 4.37. The van der Waals surface area contributed by atoms with Gasteiger partial charge < -0.3 is 0 Å². The lowest BCUT2D eigenvalue weighted by Crippen LogP contribution is -2.04. The third-order valence-electron chi connectivity index (χ3n) is 1.50. The van der Waals surface area contributed by atoms with Crippen LogP contribution in [0.5, 0.6) is 0 Å². The molecule has 0 bridgehead atoms. The highest BCUT2D eigenvalue weighted by atomic mass is 79.9. The number of ketones is 1. The van der Waals surface area contributed by atoms with Crippen molar-refractivity contribution in [2.75, 3.05) is 12.0 Å². The fraction of sp³-hybridized carbons (Fsp3) is 0.222. The molecule has 1 rings (SSSR count). The van der Waals surface area contributed by atoms with E-state index < -0.39 is 5.82 Å². The fourth-order valence-corrected chi connectivity index (χ4v) is 1.70. The summed E-state index contributed by atoms with van der Waals surface area (Å²) in [5.41, 5.74) is 0.156. The van der Waals surface area contributed by atoms with Gasteiger partial charge in [-0.25, -0.2) is 4.39 Å². The number of rotatable bonds is 3. The molecule has 0 aliphatic carbocycles. The maximum atomic E-state index is 13.1. The second-order valence-corrected chi connectivity index (χ2v) is 4.26. The second-order valence-electron chi connectivity index (χ2n) is 2.48. The Morgan fingerprint density at radius 2 is 2.31 bits per heavy atom. The quantitative estimate of drug-likeness (QED) is 0.779. The van der Waals surface area contributed by atoms with Crippen LogP contribution in [0.15, 0.2) is 22.7 Å². The molecule has 13 heavy (non-hydrogen) atoms. The van der Waals surface area contributed by atoms with Crippen LogP contribution in [0.4, 0.5) is 4.39 Å². The van der Waals surface area contributed by atoms with E-state index >= 15 is 0 Å². The van der Waals surface area contributed by atoms with Crippen molar-refractivity contribution in [1.82, 2.24) is 0 Å². The van der Waals surface area contributed by atoms with Crippen molar-refractivity contribution in [3.05, 3.63) is 34.1 Å². The van der Waals surface area contributed by atoms with Crippen molar-refractivity contribution in [3.8, 4) is 0 Å². The molecular formula is C9H8BrFOS. The maximum absolute atomic E-state index is 13.1. The molecule has 0 radical (unpaired) electrons. The Morgan fingerprint density at radius 3 is 2.92 bits per heavy atom. The van der Waals surface area contributed by atoms with E-state index in [1.807, 2.05) is 6.26 Å². The molecule has 0 aliphatic rings. The minimum atomic E-state index is -0.456. The Hall–Kier alpha value is -0.350. The number of halogens is 2. The molecule has 1 nitrogen and oxygen atoms in total. The standard InChI is InChI=1S/C9H8BrFOS/c1-13-5-9(12)7-4-6(10)2-3-8(7)11/h2-4H,5H2,1H3. The van der Waals surface area contributed by atoms with E-state index in [1.165, 1.54) is 23.9 Å². The first-order valence-corrected chi connectivity index (χ1v) is 5.81. The van der Waals surface area contributed by atoms with E-state index in [2.05, 4.69) is 15.9 Å². The number of carbonyl (C=O) groups excluding carboxylic acids is 1. The van der Waals surface area contributed by atoms with E-state index in [0.29, 0.717) is 5.75 Å². The summed E-state index contributed by atoms with van der Waals surface area (Å²) in [6.07, 6.45) is 1.81. The lowest BCUT2D eigenvalue weighted by atomic mass is 10.1. The molecule has 0 aromatic heterocycles. The predicted molar refractivity (Wildman–Crippen MR) is 56.8 cm³/mol.